The molecule has 126 valence electrons. The van der Waals surface area contributed by atoms with Gasteiger partial charge in [-0.2, -0.15) is 0 Å². The highest BCUT2D eigenvalue weighted by molar-refractivity contribution is 6.16. The van der Waals surface area contributed by atoms with E-state index in [2.05, 4.69) is 29.9 Å². The summed E-state index contributed by atoms with van der Waals surface area (Å²) in [4.78, 5) is 4.82. The van der Waals surface area contributed by atoms with E-state index in [9.17, 15) is 5.11 Å². The average Bonchev–Trinajstić information content (AvgIpc) is 3.19. The van der Waals surface area contributed by atoms with Crippen molar-refractivity contribution < 1.29 is 5.11 Å². The molecule has 23 heavy (non-hydrogen) atoms. The van der Waals surface area contributed by atoms with Crippen LogP contribution in [0.3, 0.4) is 0 Å². The summed E-state index contributed by atoms with van der Waals surface area (Å²) < 4.78 is 0. The van der Waals surface area contributed by atoms with Crippen molar-refractivity contribution in [3.8, 4) is 0 Å². The van der Waals surface area contributed by atoms with Gasteiger partial charge in [0.25, 0.3) is 0 Å². The molecule has 2 aliphatic rings. The standard InChI is InChI=1S/C19H29N3O/c1-8-16(14-9-10-14)21-17-13(3)20-11-15(17)12(2)22-18(4,5)19(6,7)23/h8,11,14,20,22-23H,2-3,9-10H2,1,4-7H3/b16-8-,21-17+. The fraction of sp³-hybridized carbons (Fsp3) is 0.526. The van der Waals surface area contributed by atoms with Crippen LogP contribution in [0.1, 0.15) is 47.5 Å². The topological polar surface area (TPSA) is 56.6 Å². The lowest BCUT2D eigenvalue weighted by molar-refractivity contribution is 0.000740. The lowest BCUT2D eigenvalue weighted by Gasteiger charge is -2.39. The highest BCUT2D eigenvalue weighted by atomic mass is 16.3. The van der Waals surface area contributed by atoms with Gasteiger partial charge in [-0.15, -0.1) is 0 Å². The summed E-state index contributed by atoms with van der Waals surface area (Å²) in [6.07, 6.45) is 6.36. The zero-order chi connectivity index (χ0) is 17.4. The van der Waals surface area contributed by atoms with Crippen LogP contribution in [0.25, 0.3) is 0 Å². The molecular formula is C19H29N3O. The number of hydrogen-bond acceptors (Lipinski definition) is 4. The Morgan fingerprint density at radius 1 is 1.39 bits per heavy atom. The van der Waals surface area contributed by atoms with Crippen LogP contribution in [0, 0.1) is 5.92 Å². The monoisotopic (exact) mass is 315 g/mol. The van der Waals surface area contributed by atoms with Gasteiger partial charge in [0.2, 0.25) is 0 Å². The number of nitrogens with one attached hydrogen (secondary N) is 2. The smallest absolute Gasteiger partial charge is 0.0968 e. The summed E-state index contributed by atoms with van der Waals surface area (Å²) in [6.45, 7) is 17.7. The molecule has 4 heteroatoms. The van der Waals surface area contributed by atoms with E-state index in [1.807, 2.05) is 27.0 Å². The van der Waals surface area contributed by atoms with Gasteiger partial charge in [-0.1, -0.05) is 19.2 Å². The van der Waals surface area contributed by atoms with Gasteiger partial charge in [0, 0.05) is 29.1 Å². The molecule has 4 nitrogen and oxygen atoms in total. The molecule has 0 aromatic heterocycles. The maximum atomic E-state index is 10.3. The van der Waals surface area contributed by atoms with Crippen LogP contribution < -0.4 is 10.6 Å². The average molecular weight is 315 g/mol. The van der Waals surface area contributed by atoms with E-state index >= 15 is 0 Å². The zero-order valence-corrected chi connectivity index (χ0v) is 15.0. The minimum atomic E-state index is -0.890. The molecule has 0 bridgehead atoms. The van der Waals surface area contributed by atoms with Gasteiger partial charge in [-0.3, -0.25) is 4.99 Å². The first-order valence-corrected chi connectivity index (χ1v) is 8.18. The van der Waals surface area contributed by atoms with Crippen molar-refractivity contribution in [3.05, 3.63) is 48.1 Å². The van der Waals surface area contributed by atoms with Crippen LogP contribution in [0.15, 0.2) is 53.1 Å². The minimum absolute atomic E-state index is 0.528. The highest BCUT2D eigenvalue weighted by Gasteiger charge is 2.36. The van der Waals surface area contributed by atoms with E-state index in [0.29, 0.717) is 5.92 Å². The Morgan fingerprint density at radius 2 is 2.00 bits per heavy atom. The fourth-order valence-corrected chi connectivity index (χ4v) is 2.31. The minimum Gasteiger partial charge on any atom is -0.388 e. The van der Waals surface area contributed by atoms with Crippen LogP contribution in [0.4, 0.5) is 0 Å². The third kappa shape index (κ3) is 3.75. The molecule has 0 radical (unpaired) electrons. The van der Waals surface area contributed by atoms with E-state index in [4.69, 9.17) is 4.99 Å². The number of aliphatic imine (C=N–C) groups is 1. The molecule has 1 saturated carbocycles. The van der Waals surface area contributed by atoms with E-state index < -0.39 is 11.1 Å². The van der Waals surface area contributed by atoms with Crippen molar-refractivity contribution in [2.75, 3.05) is 0 Å². The van der Waals surface area contributed by atoms with Gasteiger partial charge in [-0.05, 0) is 47.5 Å². The second-order valence-electron chi connectivity index (χ2n) is 7.42. The number of allylic oxidation sites excluding steroid dienone is 4. The van der Waals surface area contributed by atoms with Gasteiger partial charge in [-0.25, -0.2) is 0 Å². The molecule has 0 aromatic carbocycles. The van der Waals surface area contributed by atoms with Crippen molar-refractivity contribution in [3.63, 3.8) is 0 Å². The van der Waals surface area contributed by atoms with Crippen molar-refractivity contribution in [1.29, 1.82) is 0 Å². The summed E-state index contributed by atoms with van der Waals surface area (Å²) in [5.41, 5.74) is 2.93. The van der Waals surface area contributed by atoms with Crippen LogP contribution in [-0.2, 0) is 0 Å². The predicted molar refractivity (Wildman–Crippen MR) is 96.9 cm³/mol. The van der Waals surface area contributed by atoms with Gasteiger partial charge in [0.1, 0.15) is 0 Å². The Hall–Kier alpha value is -1.81. The van der Waals surface area contributed by atoms with Crippen molar-refractivity contribution in [2.45, 2.75) is 58.6 Å². The third-order valence-electron chi connectivity index (χ3n) is 4.78. The third-order valence-corrected chi connectivity index (χ3v) is 4.78. The van der Waals surface area contributed by atoms with Crippen LogP contribution in [-0.4, -0.2) is 22.0 Å². The van der Waals surface area contributed by atoms with E-state index in [-0.39, 0.29) is 0 Å². The van der Waals surface area contributed by atoms with Crippen molar-refractivity contribution in [1.82, 2.24) is 10.6 Å². The number of nitrogens with zero attached hydrogens (tertiary/aromatic N) is 1. The molecule has 2 rings (SSSR count). The molecular weight excluding hydrogens is 286 g/mol. The Bertz CT molecular complexity index is 611. The summed E-state index contributed by atoms with van der Waals surface area (Å²) in [5.74, 6) is 0.580. The van der Waals surface area contributed by atoms with Crippen molar-refractivity contribution >= 4 is 5.71 Å². The first-order chi connectivity index (χ1) is 10.6. The molecule has 0 amide bonds. The lowest BCUT2D eigenvalue weighted by atomic mass is 9.85. The lowest BCUT2D eigenvalue weighted by Crippen LogP contribution is -2.55. The molecule has 0 atom stereocenters. The first-order valence-electron chi connectivity index (χ1n) is 8.18. The van der Waals surface area contributed by atoms with Crippen LogP contribution in [0.2, 0.25) is 0 Å². The summed E-state index contributed by atoms with van der Waals surface area (Å²) >= 11 is 0. The predicted octanol–water partition coefficient (Wildman–Crippen LogP) is 3.39. The normalized spacial score (nSPS) is 21.3. The van der Waals surface area contributed by atoms with Gasteiger partial charge < -0.3 is 15.7 Å². The van der Waals surface area contributed by atoms with Crippen LogP contribution in [0.5, 0.6) is 0 Å². The number of hydrogen-bond donors (Lipinski definition) is 3. The van der Waals surface area contributed by atoms with Gasteiger partial charge in [0.15, 0.2) is 0 Å². The zero-order valence-electron chi connectivity index (χ0n) is 15.0. The summed E-state index contributed by atoms with van der Waals surface area (Å²) in [6, 6.07) is 0. The van der Waals surface area contributed by atoms with E-state index in [0.717, 1.165) is 28.4 Å². The molecule has 0 spiro atoms. The first kappa shape index (κ1) is 17.5. The molecule has 1 fully saturated rings. The molecule has 0 saturated heterocycles. The Kier molecular flexibility index (Phi) is 4.58. The van der Waals surface area contributed by atoms with Gasteiger partial charge >= 0.3 is 0 Å². The maximum Gasteiger partial charge on any atom is 0.0968 e. The summed E-state index contributed by atoms with van der Waals surface area (Å²) in [7, 11) is 0. The largest absolute Gasteiger partial charge is 0.388 e. The molecule has 1 aliphatic carbocycles. The second-order valence-corrected chi connectivity index (χ2v) is 7.42. The van der Waals surface area contributed by atoms with E-state index in [1.165, 1.54) is 12.8 Å². The quantitative estimate of drug-likeness (QED) is 0.704. The maximum absolute atomic E-state index is 10.3. The highest BCUT2D eigenvalue weighted by Crippen LogP contribution is 2.38. The van der Waals surface area contributed by atoms with E-state index in [1.54, 1.807) is 13.8 Å². The Labute approximate surface area is 139 Å². The molecule has 0 unspecified atom stereocenters. The molecule has 1 heterocycles. The van der Waals surface area contributed by atoms with Crippen molar-refractivity contribution in [2.24, 2.45) is 10.9 Å². The molecule has 1 aliphatic heterocycles. The summed E-state index contributed by atoms with van der Waals surface area (Å²) in [5, 5.41) is 16.8. The van der Waals surface area contributed by atoms with Gasteiger partial charge in [0.05, 0.1) is 22.5 Å². The Morgan fingerprint density at radius 3 is 2.48 bits per heavy atom. The Balaban J connectivity index is 2.22. The number of aliphatic hydroxyl groups is 1. The van der Waals surface area contributed by atoms with Crippen LogP contribution >= 0.6 is 0 Å². The fourth-order valence-electron chi connectivity index (χ4n) is 2.31. The SMILES string of the molecule is C=C(NC(C)(C)C(C)(C)O)C1=CNC(=C)/C1=N\C(=C/C)C1CC1. The number of rotatable bonds is 6. The molecule has 0 aromatic rings. The molecule has 3 N–H and O–H groups in total. The second kappa shape index (κ2) is 6.00.